The molecule has 0 saturated carbocycles. The van der Waals surface area contributed by atoms with Gasteiger partial charge in [0.1, 0.15) is 0 Å². The first-order valence-electron chi connectivity index (χ1n) is 16.5. The summed E-state index contributed by atoms with van der Waals surface area (Å²) in [4.78, 5) is 26.6. The molecule has 0 fully saturated rings. The first-order valence-corrected chi connectivity index (χ1v) is 16.5. The van der Waals surface area contributed by atoms with E-state index in [2.05, 4.69) is 99.3 Å². The number of carbonyl (C=O) groups is 2. The maximum atomic E-state index is 12.1. The van der Waals surface area contributed by atoms with Crippen LogP contribution in [0, 0.1) is 13.8 Å². The Morgan fingerprint density at radius 1 is 0.622 bits per heavy atom. The van der Waals surface area contributed by atoms with Crippen LogP contribution in [0.4, 0.5) is 17.1 Å². The molecule has 3 aromatic carbocycles. The van der Waals surface area contributed by atoms with Crippen LogP contribution in [0.25, 0.3) is 0 Å². The van der Waals surface area contributed by atoms with Crippen molar-refractivity contribution in [1.29, 1.82) is 0 Å². The summed E-state index contributed by atoms with van der Waals surface area (Å²) >= 11 is 0. The molecule has 240 valence electrons. The minimum Gasteiger partial charge on any atom is -0.462 e. The molecule has 0 heterocycles. The van der Waals surface area contributed by atoms with Gasteiger partial charge in [-0.25, -0.2) is 9.59 Å². The van der Waals surface area contributed by atoms with E-state index < -0.39 is 0 Å². The molecule has 0 bridgehead atoms. The van der Waals surface area contributed by atoms with Gasteiger partial charge in [0, 0.05) is 28.2 Å². The van der Waals surface area contributed by atoms with Crippen LogP contribution in [0.15, 0.2) is 90.0 Å². The zero-order valence-corrected chi connectivity index (χ0v) is 28.2. The van der Waals surface area contributed by atoms with Crippen molar-refractivity contribution in [2.24, 2.45) is 0 Å². The molecule has 0 aliphatic carbocycles. The van der Waals surface area contributed by atoms with Gasteiger partial charge in [-0.05, 0) is 125 Å². The summed E-state index contributed by atoms with van der Waals surface area (Å²) in [5.74, 6) is -0.440. The van der Waals surface area contributed by atoms with Crippen LogP contribution in [-0.2, 0) is 31.9 Å². The molecular formula is C40H51NO4. The normalized spacial score (nSPS) is 11.8. The SMILES string of the molecule is CCC/C=C(\C)C(=O)OCCCc1ccc(N(c2ccc(CCCOC(=O)/C(C)=C/CCC)cc2)c2ccc(C)c(C)c2)cc1. The highest BCUT2D eigenvalue weighted by atomic mass is 16.5. The molecule has 0 atom stereocenters. The van der Waals surface area contributed by atoms with Gasteiger partial charge in [0.05, 0.1) is 13.2 Å². The Balaban J connectivity index is 1.65. The fraction of sp³-hybridized carbons (Fsp3) is 0.400. The monoisotopic (exact) mass is 609 g/mol. The number of allylic oxidation sites excluding steroid dienone is 2. The van der Waals surface area contributed by atoms with Crippen molar-refractivity contribution in [3.05, 3.63) is 112 Å². The Morgan fingerprint density at radius 2 is 1.04 bits per heavy atom. The van der Waals surface area contributed by atoms with Crippen LogP contribution in [-0.4, -0.2) is 25.2 Å². The fourth-order valence-electron chi connectivity index (χ4n) is 4.93. The lowest BCUT2D eigenvalue weighted by molar-refractivity contribution is -0.139. The molecule has 45 heavy (non-hydrogen) atoms. The van der Waals surface area contributed by atoms with Gasteiger partial charge in [-0.2, -0.15) is 0 Å². The smallest absolute Gasteiger partial charge is 0.333 e. The molecular weight excluding hydrogens is 558 g/mol. The number of hydrogen-bond acceptors (Lipinski definition) is 5. The Labute approximate surface area is 271 Å². The molecule has 0 radical (unpaired) electrons. The number of nitrogens with zero attached hydrogens (tertiary/aromatic N) is 1. The zero-order chi connectivity index (χ0) is 32.6. The van der Waals surface area contributed by atoms with Crippen LogP contribution >= 0.6 is 0 Å². The molecule has 0 aliphatic rings. The summed E-state index contributed by atoms with van der Waals surface area (Å²) < 4.78 is 10.9. The molecule has 0 N–H and O–H groups in total. The highest BCUT2D eigenvalue weighted by Gasteiger charge is 2.14. The zero-order valence-electron chi connectivity index (χ0n) is 28.2. The molecule has 0 spiro atoms. The fourth-order valence-corrected chi connectivity index (χ4v) is 4.93. The number of rotatable bonds is 17. The van der Waals surface area contributed by atoms with Crippen molar-refractivity contribution in [1.82, 2.24) is 0 Å². The Hall–Kier alpha value is -4.12. The Morgan fingerprint density at radius 3 is 1.44 bits per heavy atom. The largest absolute Gasteiger partial charge is 0.462 e. The number of esters is 2. The Kier molecular flexibility index (Phi) is 14.6. The Bertz CT molecular complexity index is 1350. The average molecular weight is 610 g/mol. The van der Waals surface area contributed by atoms with E-state index in [-0.39, 0.29) is 11.9 Å². The predicted molar refractivity (Wildman–Crippen MR) is 186 cm³/mol. The summed E-state index contributed by atoms with van der Waals surface area (Å²) in [6.07, 6.45) is 11.0. The quantitative estimate of drug-likeness (QED) is 0.0866. The van der Waals surface area contributed by atoms with Gasteiger partial charge in [-0.3, -0.25) is 0 Å². The van der Waals surface area contributed by atoms with Gasteiger partial charge in [0.25, 0.3) is 0 Å². The lowest BCUT2D eigenvalue weighted by Crippen LogP contribution is -2.11. The maximum Gasteiger partial charge on any atom is 0.333 e. The van der Waals surface area contributed by atoms with E-state index in [9.17, 15) is 9.59 Å². The van der Waals surface area contributed by atoms with Gasteiger partial charge in [0.2, 0.25) is 0 Å². The van der Waals surface area contributed by atoms with Crippen LogP contribution in [0.5, 0.6) is 0 Å². The minimum absolute atomic E-state index is 0.220. The second-order valence-corrected chi connectivity index (χ2v) is 11.8. The summed E-state index contributed by atoms with van der Waals surface area (Å²) in [6, 6.07) is 23.8. The number of unbranched alkanes of at least 4 members (excludes halogenated alkanes) is 2. The van der Waals surface area contributed by atoms with E-state index in [1.54, 1.807) is 0 Å². The number of hydrogen-bond donors (Lipinski definition) is 0. The van der Waals surface area contributed by atoms with Crippen molar-refractivity contribution in [3.8, 4) is 0 Å². The van der Waals surface area contributed by atoms with Gasteiger partial charge in [-0.15, -0.1) is 0 Å². The van der Waals surface area contributed by atoms with Crippen molar-refractivity contribution in [3.63, 3.8) is 0 Å². The molecule has 0 aromatic heterocycles. The topological polar surface area (TPSA) is 55.8 Å². The molecule has 5 nitrogen and oxygen atoms in total. The van der Waals surface area contributed by atoms with Gasteiger partial charge in [0.15, 0.2) is 0 Å². The van der Waals surface area contributed by atoms with Crippen LogP contribution < -0.4 is 4.90 Å². The number of ether oxygens (including phenoxy) is 2. The third-order valence-electron chi connectivity index (χ3n) is 7.95. The van der Waals surface area contributed by atoms with E-state index in [1.165, 1.54) is 22.3 Å². The molecule has 0 saturated heterocycles. The van der Waals surface area contributed by atoms with Crippen LogP contribution in [0.3, 0.4) is 0 Å². The van der Waals surface area contributed by atoms with Crippen molar-refractivity contribution in [2.75, 3.05) is 18.1 Å². The maximum absolute atomic E-state index is 12.1. The molecule has 0 unspecified atom stereocenters. The van der Waals surface area contributed by atoms with Gasteiger partial charge in [-0.1, -0.05) is 69.2 Å². The van der Waals surface area contributed by atoms with Crippen molar-refractivity contribution in [2.45, 2.75) is 92.9 Å². The van der Waals surface area contributed by atoms with Gasteiger partial charge >= 0.3 is 11.9 Å². The predicted octanol–water partition coefficient (Wildman–Crippen LogP) is 10.2. The van der Waals surface area contributed by atoms with Gasteiger partial charge < -0.3 is 14.4 Å². The van der Waals surface area contributed by atoms with Crippen molar-refractivity contribution < 1.29 is 19.1 Å². The minimum atomic E-state index is -0.220. The first-order chi connectivity index (χ1) is 21.7. The number of anilines is 3. The highest BCUT2D eigenvalue weighted by Crippen LogP contribution is 2.35. The lowest BCUT2D eigenvalue weighted by Gasteiger charge is -2.26. The first kappa shape index (κ1) is 35.4. The lowest BCUT2D eigenvalue weighted by atomic mass is 10.1. The standard InChI is InChI=1S/C40H51NO4/c1-7-9-13-31(4)39(42)44-27-11-15-34-18-23-36(24-19-34)41(38-22-17-30(3)33(6)29-38)37-25-20-35(21-26-37)16-12-28-45-40(43)32(5)14-10-8-2/h13-14,17-26,29H,7-12,15-16,27-28H2,1-6H3/b31-13+,32-14+. The molecule has 0 aliphatic heterocycles. The summed E-state index contributed by atoms with van der Waals surface area (Å²) in [7, 11) is 0. The average Bonchev–Trinajstić information content (AvgIpc) is 3.05. The molecule has 5 heteroatoms. The molecule has 3 aromatic rings. The van der Waals surface area contributed by atoms with E-state index in [4.69, 9.17) is 9.47 Å². The third-order valence-corrected chi connectivity index (χ3v) is 7.95. The van der Waals surface area contributed by atoms with E-state index >= 15 is 0 Å². The molecule has 3 rings (SSSR count). The van der Waals surface area contributed by atoms with E-state index in [0.29, 0.717) is 24.4 Å². The highest BCUT2D eigenvalue weighted by molar-refractivity contribution is 5.88. The number of carbonyl (C=O) groups excluding carboxylic acids is 2. The number of aryl methyl sites for hydroxylation is 4. The van der Waals surface area contributed by atoms with E-state index in [0.717, 1.165) is 68.4 Å². The number of benzene rings is 3. The third kappa shape index (κ3) is 11.4. The second-order valence-electron chi connectivity index (χ2n) is 11.8. The van der Waals surface area contributed by atoms with Crippen LogP contribution in [0.2, 0.25) is 0 Å². The summed E-state index contributed by atoms with van der Waals surface area (Å²) in [6.45, 7) is 12.9. The van der Waals surface area contributed by atoms with Crippen LogP contribution in [0.1, 0.15) is 88.5 Å². The second kappa shape index (κ2) is 18.6. The summed E-state index contributed by atoms with van der Waals surface area (Å²) in [5, 5.41) is 0. The van der Waals surface area contributed by atoms with E-state index in [1.807, 2.05) is 26.0 Å². The molecule has 0 amide bonds. The summed E-state index contributed by atoms with van der Waals surface area (Å²) in [5.41, 5.74) is 9.56. The van der Waals surface area contributed by atoms with Crippen molar-refractivity contribution >= 4 is 29.0 Å².